The zero-order valence-corrected chi connectivity index (χ0v) is 14.3. The van der Waals surface area contributed by atoms with Crippen molar-refractivity contribution < 1.29 is 9.53 Å². The first-order chi connectivity index (χ1) is 11.8. The second kappa shape index (κ2) is 6.55. The van der Waals surface area contributed by atoms with E-state index in [4.69, 9.17) is 9.72 Å². The molecule has 0 radical (unpaired) electrons. The molecule has 2 aliphatic rings. The molecule has 0 aliphatic heterocycles. The Morgan fingerprint density at radius 3 is 2.79 bits per heavy atom. The lowest BCUT2D eigenvalue weighted by Crippen LogP contribution is -2.36. The molecule has 2 aliphatic carbocycles. The first-order valence-corrected chi connectivity index (χ1v) is 9.07. The zero-order chi connectivity index (χ0) is 16.5. The minimum atomic E-state index is 0.00761. The van der Waals surface area contributed by atoms with E-state index < -0.39 is 0 Å². The van der Waals surface area contributed by atoms with Crippen LogP contribution in [0.5, 0.6) is 0 Å². The smallest absolute Gasteiger partial charge is 0.255 e. The van der Waals surface area contributed by atoms with Crippen molar-refractivity contribution in [3.8, 4) is 0 Å². The summed E-state index contributed by atoms with van der Waals surface area (Å²) < 4.78 is 7.32. The van der Waals surface area contributed by atoms with Crippen LogP contribution in [0.3, 0.4) is 0 Å². The van der Waals surface area contributed by atoms with Gasteiger partial charge in [0.15, 0.2) is 0 Å². The van der Waals surface area contributed by atoms with Crippen LogP contribution in [0.2, 0.25) is 0 Å². The van der Waals surface area contributed by atoms with E-state index in [2.05, 4.69) is 11.4 Å². The number of nitrogens with one attached hydrogen (secondary N) is 1. The van der Waals surface area contributed by atoms with Crippen LogP contribution in [0.4, 0.5) is 0 Å². The third kappa shape index (κ3) is 3.05. The van der Waals surface area contributed by atoms with E-state index in [0.717, 1.165) is 29.9 Å². The minimum absolute atomic E-state index is 0.00761. The number of carbonyl (C=O) groups is 1. The maximum atomic E-state index is 12.8. The molecule has 0 spiro atoms. The van der Waals surface area contributed by atoms with Crippen molar-refractivity contribution in [1.82, 2.24) is 14.7 Å². The Bertz CT molecular complexity index is 742. The molecule has 0 saturated heterocycles. The number of fused-ring (bicyclic) bond motifs is 1. The first-order valence-electron chi connectivity index (χ1n) is 9.07. The highest BCUT2D eigenvalue weighted by Crippen LogP contribution is 2.39. The van der Waals surface area contributed by atoms with Gasteiger partial charge in [-0.25, -0.2) is 4.98 Å². The summed E-state index contributed by atoms with van der Waals surface area (Å²) in [7, 11) is 1.70. The van der Waals surface area contributed by atoms with Crippen LogP contribution in [-0.4, -0.2) is 28.4 Å². The molecule has 0 unspecified atom stereocenters. The van der Waals surface area contributed by atoms with Crippen LogP contribution in [-0.2, 0) is 11.3 Å². The molecule has 0 bridgehead atoms. The van der Waals surface area contributed by atoms with Gasteiger partial charge in [-0.05, 0) is 37.8 Å². The fourth-order valence-corrected chi connectivity index (χ4v) is 3.70. The third-order valence-electron chi connectivity index (χ3n) is 5.19. The van der Waals surface area contributed by atoms with E-state index in [1.165, 1.54) is 32.1 Å². The Hall–Kier alpha value is -1.88. The van der Waals surface area contributed by atoms with E-state index in [1.54, 1.807) is 7.11 Å². The Balaban J connectivity index is 1.65. The lowest BCUT2D eigenvalue weighted by molar-refractivity contribution is 0.0929. The summed E-state index contributed by atoms with van der Waals surface area (Å²) in [6.07, 6.45) is 10.2. The predicted octanol–water partition coefficient (Wildman–Crippen LogP) is 3.42. The summed E-state index contributed by atoms with van der Waals surface area (Å²) in [6, 6.07) is 4.32. The topological polar surface area (TPSA) is 55.6 Å². The Labute approximate surface area is 142 Å². The van der Waals surface area contributed by atoms with Gasteiger partial charge in [-0.1, -0.05) is 19.3 Å². The van der Waals surface area contributed by atoms with Gasteiger partial charge in [0, 0.05) is 31.0 Å². The largest absolute Gasteiger partial charge is 0.378 e. The van der Waals surface area contributed by atoms with Crippen molar-refractivity contribution in [3.63, 3.8) is 0 Å². The van der Waals surface area contributed by atoms with Gasteiger partial charge in [0.25, 0.3) is 5.91 Å². The summed E-state index contributed by atoms with van der Waals surface area (Å²) in [5.74, 6) is 0.558. The molecule has 2 aromatic rings. The molecule has 5 nitrogen and oxygen atoms in total. The number of hydrogen-bond donors (Lipinski definition) is 1. The number of aromatic nitrogens is 2. The van der Waals surface area contributed by atoms with E-state index >= 15 is 0 Å². The van der Waals surface area contributed by atoms with Crippen molar-refractivity contribution in [2.75, 3.05) is 7.11 Å². The van der Waals surface area contributed by atoms with Gasteiger partial charge in [-0.3, -0.25) is 4.79 Å². The molecule has 5 heteroatoms. The van der Waals surface area contributed by atoms with Crippen LogP contribution in [0.15, 0.2) is 18.3 Å². The highest BCUT2D eigenvalue weighted by Gasteiger charge is 2.27. The fourth-order valence-electron chi connectivity index (χ4n) is 3.70. The molecule has 2 heterocycles. The van der Waals surface area contributed by atoms with Gasteiger partial charge < -0.3 is 14.5 Å². The number of nitrogens with zero attached hydrogens (tertiary/aromatic N) is 2. The Morgan fingerprint density at radius 2 is 2.08 bits per heavy atom. The molecular formula is C19H25N3O2. The van der Waals surface area contributed by atoms with Crippen LogP contribution < -0.4 is 5.32 Å². The Morgan fingerprint density at radius 1 is 1.29 bits per heavy atom. The van der Waals surface area contributed by atoms with E-state index in [1.807, 2.05) is 16.7 Å². The van der Waals surface area contributed by atoms with Crippen LogP contribution in [0, 0.1) is 0 Å². The monoisotopic (exact) mass is 327 g/mol. The van der Waals surface area contributed by atoms with Crippen LogP contribution in [0.25, 0.3) is 5.65 Å². The number of methoxy groups -OCH3 is 1. The number of ether oxygens (including phenoxy) is 1. The van der Waals surface area contributed by atoms with E-state index in [-0.39, 0.29) is 5.91 Å². The second-order valence-electron chi connectivity index (χ2n) is 7.11. The maximum Gasteiger partial charge on any atom is 0.255 e. The number of hydrogen-bond acceptors (Lipinski definition) is 3. The SMILES string of the molecule is COCc1cc(C2CC2)nc2c(C(=O)NC3CCCCC3)ccn12. The van der Waals surface area contributed by atoms with Crippen LogP contribution >= 0.6 is 0 Å². The molecule has 2 aromatic heterocycles. The summed E-state index contributed by atoms with van der Waals surface area (Å²) in [5.41, 5.74) is 3.60. The van der Waals surface area contributed by atoms with Gasteiger partial charge in [-0.2, -0.15) is 0 Å². The lowest BCUT2D eigenvalue weighted by atomic mass is 9.95. The lowest BCUT2D eigenvalue weighted by Gasteiger charge is -2.22. The molecule has 1 amide bonds. The summed E-state index contributed by atoms with van der Waals surface area (Å²) in [5, 5.41) is 3.21. The normalized spacial score (nSPS) is 18.9. The Kier molecular flexibility index (Phi) is 4.27. The van der Waals surface area contributed by atoms with Gasteiger partial charge >= 0.3 is 0 Å². The average Bonchev–Trinajstić information content (AvgIpc) is 3.35. The van der Waals surface area contributed by atoms with Crippen molar-refractivity contribution in [3.05, 3.63) is 35.3 Å². The van der Waals surface area contributed by atoms with Gasteiger partial charge in [-0.15, -0.1) is 0 Å². The van der Waals surface area contributed by atoms with Crippen LogP contribution in [0.1, 0.15) is 72.6 Å². The van der Waals surface area contributed by atoms with Gasteiger partial charge in [0.2, 0.25) is 0 Å². The first kappa shape index (κ1) is 15.6. The molecule has 2 saturated carbocycles. The molecular weight excluding hydrogens is 302 g/mol. The van der Waals surface area contributed by atoms with Gasteiger partial charge in [0.1, 0.15) is 5.65 Å². The van der Waals surface area contributed by atoms with Crippen molar-refractivity contribution in [1.29, 1.82) is 0 Å². The molecule has 1 N–H and O–H groups in total. The van der Waals surface area contributed by atoms with Crippen molar-refractivity contribution >= 4 is 11.6 Å². The summed E-state index contributed by atoms with van der Waals surface area (Å²) in [6.45, 7) is 0.525. The van der Waals surface area contributed by atoms with E-state index in [9.17, 15) is 4.79 Å². The third-order valence-corrected chi connectivity index (χ3v) is 5.19. The number of rotatable bonds is 5. The zero-order valence-electron chi connectivity index (χ0n) is 14.3. The standard InChI is InChI=1S/C19H25N3O2/c1-24-12-15-11-17(13-7-8-13)21-18-16(9-10-22(15)18)19(23)20-14-5-3-2-4-6-14/h9-11,13-14H,2-8,12H2,1H3,(H,20,23). The summed E-state index contributed by atoms with van der Waals surface area (Å²) in [4.78, 5) is 17.6. The van der Waals surface area contributed by atoms with Crippen molar-refractivity contribution in [2.45, 2.75) is 63.5 Å². The second-order valence-corrected chi connectivity index (χ2v) is 7.11. The predicted molar refractivity (Wildman–Crippen MR) is 92.2 cm³/mol. The molecule has 128 valence electrons. The quantitative estimate of drug-likeness (QED) is 0.915. The molecule has 0 atom stereocenters. The van der Waals surface area contributed by atoms with E-state index in [0.29, 0.717) is 24.1 Å². The molecule has 24 heavy (non-hydrogen) atoms. The molecule has 4 rings (SSSR count). The minimum Gasteiger partial charge on any atom is -0.378 e. The summed E-state index contributed by atoms with van der Waals surface area (Å²) >= 11 is 0. The molecule has 2 fully saturated rings. The maximum absolute atomic E-state index is 12.8. The highest BCUT2D eigenvalue weighted by molar-refractivity contribution is 6.00. The highest BCUT2D eigenvalue weighted by atomic mass is 16.5. The fraction of sp³-hybridized carbons (Fsp3) is 0.579. The molecule has 0 aromatic carbocycles. The number of amides is 1. The average molecular weight is 327 g/mol. The van der Waals surface area contributed by atoms with Gasteiger partial charge in [0.05, 0.1) is 17.9 Å². The number of carbonyl (C=O) groups excluding carboxylic acids is 1. The van der Waals surface area contributed by atoms with Crippen molar-refractivity contribution in [2.24, 2.45) is 0 Å².